The number of aromatic hydroxyl groups is 1. The van der Waals surface area contributed by atoms with Crippen LogP contribution in [0.3, 0.4) is 0 Å². The summed E-state index contributed by atoms with van der Waals surface area (Å²) < 4.78 is 11.5. The van der Waals surface area contributed by atoms with Crippen molar-refractivity contribution in [1.82, 2.24) is 4.98 Å². The Balaban J connectivity index is 1.64. The smallest absolute Gasteiger partial charge is 0.307 e. The molecule has 2 N–H and O–H groups in total. The summed E-state index contributed by atoms with van der Waals surface area (Å²) in [4.78, 5) is 15.3. The summed E-state index contributed by atoms with van der Waals surface area (Å²) in [7, 11) is 0. The van der Waals surface area contributed by atoms with Gasteiger partial charge in [0.25, 0.3) is 0 Å². The third-order valence-electron chi connectivity index (χ3n) is 4.52. The van der Waals surface area contributed by atoms with Crippen LogP contribution in [-0.4, -0.2) is 27.8 Å². The van der Waals surface area contributed by atoms with Gasteiger partial charge in [0.15, 0.2) is 0 Å². The molecule has 2 aromatic carbocycles. The van der Waals surface area contributed by atoms with Crippen LogP contribution in [0.1, 0.15) is 28.1 Å². The summed E-state index contributed by atoms with van der Waals surface area (Å²) in [6.07, 6.45) is 0.583. The molecule has 0 unspecified atom stereocenters. The minimum absolute atomic E-state index is 0.00258. The highest BCUT2D eigenvalue weighted by atomic mass is 16.5. The summed E-state index contributed by atoms with van der Waals surface area (Å²) in [6, 6.07) is 10.7. The number of ether oxygens (including phenoxy) is 1. The molecule has 146 valence electrons. The number of carbonyl (C=O) groups is 1. The van der Waals surface area contributed by atoms with E-state index in [0.29, 0.717) is 24.7 Å². The first kappa shape index (κ1) is 19.5. The SMILES string of the molecule is Cc1cc(-c2nc(CCOc3ccc(CC(=O)O)cc3)c(C)o2)cc(C)c1O. The minimum atomic E-state index is -0.856. The van der Waals surface area contributed by atoms with Crippen LogP contribution >= 0.6 is 0 Å². The average Bonchev–Trinajstić information content (AvgIpc) is 3.01. The van der Waals surface area contributed by atoms with Gasteiger partial charge in [-0.15, -0.1) is 0 Å². The van der Waals surface area contributed by atoms with Gasteiger partial charge in [-0.1, -0.05) is 12.1 Å². The predicted octanol–water partition coefficient (Wildman–Crippen LogP) is 4.22. The molecule has 3 aromatic rings. The molecule has 1 aromatic heterocycles. The number of phenolic OH excluding ortho intramolecular Hbond substituents is 1. The van der Waals surface area contributed by atoms with Gasteiger partial charge in [0.2, 0.25) is 5.89 Å². The Morgan fingerprint density at radius 3 is 2.36 bits per heavy atom. The van der Waals surface area contributed by atoms with Crippen molar-refractivity contribution in [2.45, 2.75) is 33.6 Å². The van der Waals surface area contributed by atoms with E-state index < -0.39 is 5.97 Å². The van der Waals surface area contributed by atoms with Gasteiger partial charge < -0.3 is 19.4 Å². The standard InChI is InChI=1S/C22H23NO5/c1-13-10-17(11-14(2)21(13)26)22-23-19(15(3)28-22)8-9-27-18-6-4-16(5-7-18)12-20(24)25/h4-7,10-11,26H,8-9,12H2,1-3H3,(H,24,25). The van der Waals surface area contributed by atoms with E-state index in [1.165, 1.54) is 0 Å². The molecular formula is C22H23NO5. The predicted molar refractivity (Wildman–Crippen MR) is 105 cm³/mol. The molecule has 28 heavy (non-hydrogen) atoms. The molecule has 1 heterocycles. The third-order valence-corrected chi connectivity index (χ3v) is 4.52. The molecule has 6 nitrogen and oxygen atoms in total. The number of carboxylic acids is 1. The summed E-state index contributed by atoms with van der Waals surface area (Å²) in [6.45, 7) is 5.99. The van der Waals surface area contributed by atoms with Gasteiger partial charge in [-0.05, 0) is 61.7 Å². The van der Waals surface area contributed by atoms with E-state index >= 15 is 0 Å². The molecule has 0 bridgehead atoms. The van der Waals surface area contributed by atoms with Crippen LogP contribution in [0, 0.1) is 20.8 Å². The van der Waals surface area contributed by atoms with Crippen LogP contribution in [0.25, 0.3) is 11.5 Å². The van der Waals surface area contributed by atoms with Crippen molar-refractivity contribution in [1.29, 1.82) is 0 Å². The Hall–Kier alpha value is -3.28. The number of carboxylic acid groups (broad SMARTS) is 1. The molecule has 0 saturated carbocycles. The Morgan fingerprint density at radius 1 is 1.11 bits per heavy atom. The molecule has 3 rings (SSSR count). The maximum absolute atomic E-state index is 10.7. The van der Waals surface area contributed by atoms with Crippen LogP contribution in [-0.2, 0) is 17.6 Å². The van der Waals surface area contributed by atoms with Crippen molar-refractivity contribution in [2.75, 3.05) is 6.61 Å². The Morgan fingerprint density at radius 2 is 1.75 bits per heavy atom. The van der Waals surface area contributed by atoms with Crippen molar-refractivity contribution in [3.05, 3.63) is 64.5 Å². The maximum Gasteiger partial charge on any atom is 0.307 e. The molecule has 0 aliphatic carbocycles. The monoisotopic (exact) mass is 381 g/mol. The van der Waals surface area contributed by atoms with Gasteiger partial charge in [-0.2, -0.15) is 0 Å². The first-order valence-corrected chi connectivity index (χ1v) is 9.04. The van der Waals surface area contributed by atoms with Crippen LogP contribution in [0.15, 0.2) is 40.8 Å². The average molecular weight is 381 g/mol. The van der Waals surface area contributed by atoms with E-state index in [1.807, 2.05) is 32.9 Å². The van der Waals surface area contributed by atoms with Gasteiger partial charge in [-0.25, -0.2) is 4.98 Å². The zero-order valence-corrected chi connectivity index (χ0v) is 16.2. The second-order valence-corrected chi connectivity index (χ2v) is 6.79. The lowest BCUT2D eigenvalue weighted by molar-refractivity contribution is -0.136. The molecular weight excluding hydrogens is 358 g/mol. The molecule has 0 radical (unpaired) electrons. The molecule has 0 atom stereocenters. The number of benzene rings is 2. The number of phenols is 1. The number of nitrogens with zero attached hydrogens (tertiary/aromatic N) is 1. The highest BCUT2D eigenvalue weighted by Gasteiger charge is 2.14. The van der Waals surface area contributed by atoms with Gasteiger partial charge in [-0.3, -0.25) is 4.79 Å². The zero-order valence-electron chi connectivity index (χ0n) is 16.2. The van der Waals surface area contributed by atoms with Crippen LogP contribution in [0.5, 0.6) is 11.5 Å². The van der Waals surface area contributed by atoms with Gasteiger partial charge in [0.1, 0.15) is 17.3 Å². The third kappa shape index (κ3) is 4.52. The molecule has 0 spiro atoms. The van der Waals surface area contributed by atoms with Crippen LogP contribution < -0.4 is 4.74 Å². The number of aromatic nitrogens is 1. The lowest BCUT2D eigenvalue weighted by Crippen LogP contribution is -2.03. The summed E-state index contributed by atoms with van der Waals surface area (Å²) in [5.74, 6) is 1.37. The fourth-order valence-electron chi connectivity index (χ4n) is 3.01. The number of aliphatic carboxylic acids is 1. The van der Waals surface area contributed by atoms with Crippen LogP contribution in [0.2, 0.25) is 0 Å². The van der Waals surface area contributed by atoms with Gasteiger partial charge in [0.05, 0.1) is 18.7 Å². The molecule has 0 saturated heterocycles. The largest absolute Gasteiger partial charge is 0.507 e. The second-order valence-electron chi connectivity index (χ2n) is 6.79. The Labute approximate surface area is 163 Å². The van der Waals surface area contributed by atoms with Crippen molar-refractivity contribution in [3.63, 3.8) is 0 Å². The highest BCUT2D eigenvalue weighted by molar-refractivity contribution is 5.70. The summed E-state index contributed by atoms with van der Waals surface area (Å²) in [5, 5.41) is 18.7. The molecule has 0 aliphatic heterocycles. The van der Waals surface area contributed by atoms with Crippen LogP contribution in [0.4, 0.5) is 0 Å². The number of rotatable bonds is 7. The second kappa shape index (κ2) is 8.17. The first-order valence-electron chi connectivity index (χ1n) is 9.04. The van der Waals surface area contributed by atoms with Gasteiger partial charge in [0, 0.05) is 12.0 Å². The molecule has 6 heteroatoms. The Bertz CT molecular complexity index is 966. The lowest BCUT2D eigenvalue weighted by atomic mass is 10.1. The molecule has 0 aliphatic rings. The van der Waals surface area contributed by atoms with E-state index in [-0.39, 0.29) is 12.2 Å². The first-order chi connectivity index (χ1) is 13.3. The van der Waals surface area contributed by atoms with E-state index in [1.54, 1.807) is 24.3 Å². The number of hydrogen-bond acceptors (Lipinski definition) is 5. The lowest BCUT2D eigenvalue weighted by Gasteiger charge is -2.06. The zero-order chi connectivity index (χ0) is 20.3. The minimum Gasteiger partial charge on any atom is -0.507 e. The summed E-state index contributed by atoms with van der Waals surface area (Å²) in [5.41, 5.74) is 3.94. The number of oxazole rings is 1. The van der Waals surface area contributed by atoms with E-state index in [2.05, 4.69) is 4.98 Å². The quantitative estimate of drug-likeness (QED) is 0.636. The van der Waals surface area contributed by atoms with E-state index in [4.69, 9.17) is 14.3 Å². The molecule has 0 amide bonds. The number of aryl methyl sites for hydroxylation is 3. The summed E-state index contributed by atoms with van der Waals surface area (Å²) >= 11 is 0. The molecule has 0 fully saturated rings. The number of hydrogen-bond donors (Lipinski definition) is 2. The van der Waals surface area contributed by atoms with E-state index in [9.17, 15) is 9.90 Å². The van der Waals surface area contributed by atoms with Crippen molar-refractivity contribution in [2.24, 2.45) is 0 Å². The van der Waals surface area contributed by atoms with Crippen molar-refractivity contribution >= 4 is 5.97 Å². The highest BCUT2D eigenvalue weighted by Crippen LogP contribution is 2.29. The topological polar surface area (TPSA) is 92.8 Å². The fraction of sp³-hybridized carbons (Fsp3) is 0.273. The van der Waals surface area contributed by atoms with Gasteiger partial charge >= 0.3 is 5.97 Å². The van der Waals surface area contributed by atoms with Crippen molar-refractivity contribution < 1.29 is 24.2 Å². The van der Waals surface area contributed by atoms with E-state index in [0.717, 1.165) is 33.7 Å². The fourth-order valence-corrected chi connectivity index (χ4v) is 3.01. The normalized spacial score (nSPS) is 10.8. The maximum atomic E-state index is 10.7. The van der Waals surface area contributed by atoms with Crippen molar-refractivity contribution in [3.8, 4) is 23.0 Å². The Kier molecular flexibility index (Phi) is 5.68.